The van der Waals surface area contributed by atoms with Crippen molar-refractivity contribution in [2.75, 3.05) is 0 Å². The lowest BCUT2D eigenvalue weighted by Gasteiger charge is -2.07. The molecule has 0 bridgehead atoms. The number of rotatable bonds is 4. The lowest BCUT2D eigenvalue weighted by molar-refractivity contribution is -0.110. The average molecular weight is 324 g/mol. The second-order valence-corrected chi connectivity index (χ2v) is 5.92. The van der Waals surface area contributed by atoms with E-state index in [2.05, 4.69) is 49.4 Å². The van der Waals surface area contributed by atoms with Gasteiger partial charge >= 0.3 is 0 Å². The molecule has 0 saturated carbocycles. The molecule has 1 aliphatic rings. The Morgan fingerprint density at radius 1 is 0.800 bits per heavy atom. The molecule has 25 heavy (non-hydrogen) atoms. The van der Waals surface area contributed by atoms with Gasteiger partial charge in [-0.1, -0.05) is 91.0 Å². The minimum atomic E-state index is 0.0350. The molecule has 1 aliphatic carbocycles. The summed E-state index contributed by atoms with van der Waals surface area (Å²) in [5.41, 5.74) is 5.64. The summed E-state index contributed by atoms with van der Waals surface area (Å²) in [4.78, 5) is 11.3. The number of hydrogen-bond donors (Lipinski definition) is 0. The summed E-state index contributed by atoms with van der Waals surface area (Å²) in [6, 6.07) is 20.6. The van der Waals surface area contributed by atoms with Gasteiger partial charge in [0.2, 0.25) is 0 Å². The van der Waals surface area contributed by atoms with Crippen molar-refractivity contribution in [2.45, 2.75) is 6.92 Å². The summed E-state index contributed by atoms with van der Waals surface area (Å²) < 4.78 is 0. The number of hydrogen-bond acceptors (Lipinski definition) is 1. The van der Waals surface area contributed by atoms with Gasteiger partial charge in [0.1, 0.15) is 0 Å². The van der Waals surface area contributed by atoms with Gasteiger partial charge in [-0.2, -0.15) is 0 Å². The van der Waals surface area contributed by atoms with E-state index < -0.39 is 0 Å². The normalized spacial score (nSPS) is 14.4. The summed E-state index contributed by atoms with van der Waals surface area (Å²) in [7, 11) is 0. The predicted molar refractivity (Wildman–Crippen MR) is 106 cm³/mol. The number of carbonyl (C=O) groups excluding carboxylic acids is 1. The second kappa shape index (κ2) is 8.07. The zero-order valence-electron chi connectivity index (χ0n) is 14.2. The van der Waals surface area contributed by atoms with Crippen LogP contribution in [0.4, 0.5) is 0 Å². The van der Waals surface area contributed by atoms with Gasteiger partial charge < -0.3 is 0 Å². The monoisotopic (exact) mass is 324 g/mol. The van der Waals surface area contributed by atoms with Crippen LogP contribution in [0.25, 0.3) is 11.6 Å². The first-order chi connectivity index (χ1) is 12.2. The Kier molecular flexibility index (Phi) is 5.38. The Labute approximate surface area is 149 Å². The highest BCUT2D eigenvalue weighted by atomic mass is 16.1. The van der Waals surface area contributed by atoms with Gasteiger partial charge in [-0.25, -0.2) is 0 Å². The summed E-state index contributed by atoms with van der Waals surface area (Å²) in [6.45, 7) is 2.07. The maximum absolute atomic E-state index is 11.3. The van der Waals surface area contributed by atoms with Crippen molar-refractivity contribution in [1.82, 2.24) is 0 Å². The lowest BCUT2D eigenvalue weighted by atomic mass is 9.98. The van der Waals surface area contributed by atoms with E-state index in [9.17, 15) is 4.79 Å². The maximum Gasteiger partial charge on any atom is 0.178 e. The Balaban J connectivity index is 1.98. The SMILES string of the molecule is CC(/C=C(/C=C/c1ccccc1)c1ccccc1)=C1C=CC(=O)C=C1. The molecule has 0 radical (unpaired) electrons. The summed E-state index contributed by atoms with van der Waals surface area (Å²) in [6.07, 6.45) is 13.4. The minimum absolute atomic E-state index is 0.0350. The molecule has 0 fully saturated rings. The van der Waals surface area contributed by atoms with E-state index in [1.807, 2.05) is 48.6 Å². The maximum atomic E-state index is 11.3. The summed E-state index contributed by atoms with van der Waals surface area (Å²) in [5, 5.41) is 0. The smallest absolute Gasteiger partial charge is 0.178 e. The van der Waals surface area contributed by atoms with E-state index in [0.29, 0.717) is 0 Å². The predicted octanol–water partition coefficient (Wildman–Crippen LogP) is 5.80. The van der Waals surface area contributed by atoms with E-state index in [-0.39, 0.29) is 5.78 Å². The molecule has 0 spiro atoms. The van der Waals surface area contributed by atoms with Gasteiger partial charge in [0.15, 0.2) is 5.78 Å². The fraction of sp³-hybridized carbons (Fsp3) is 0.0417. The standard InChI is InChI=1S/C24H20O/c1-19(21-14-16-24(25)17-15-21)18-23(22-10-6-3-7-11-22)13-12-20-8-4-2-5-9-20/h2-18H,1H3/b13-12+,23-18-. The van der Waals surface area contributed by atoms with Crippen LogP contribution in [0.5, 0.6) is 0 Å². The van der Waals surface area contributed by atoms with Gasteiger partial charge in [-0.3, -0.25) is 4.79 Å². The number of ketones is 1. The van der Waals surface area contributed by atoms with Gasteiger partial charge in [0, 0.05) is 0 Å². The molecule has 0 atom stereocenters. The molecule has 0 saturated heterocycles. The Morgan fingerprint density at radius 3 is 2.04 bits per heavy atom. The molecule has 0 amide bonds. The summed E-state index contributed by atoms with van der Waals surface area (Å²) in [5.74, 6) is 0.0350. The van der Waals surface area contributed by atoms with Crippen LogP contribution in [0.3, 0.4) is 0 Å². The van der Waals surface area contributed by atoms with Crippen LogP contribution in [0.15, 0.2) is 108 Å². The van der Waals surface area contributed by atoms with E-state index in [1.165, 1.54) is 0 Å². The molecule has 3 rings (SSSR count). The molecule has 1 nitrogen and oxygen atoms in total. The fourth-order valence-corrected chi connectivity index (χ4v) is 2.64. The van der Waals surface area contributed by atoms with Gasteiger partial charge in [0.05, 0.1) is 0 Å². The van der Waals surface area contributed by atoms with Crippen LogP contribution >= 0.6 is 0 Å². The average Bonchev–Trinajstić information content (AvgIpc) is 2.67. The molecule has 0 aliphatic heterocycles. The third-order valence-electron chi connectivity index (χ3n) is 4.04. The van der Waals surface area contributed by atoms with Gasteiger partial charge in [0.25, 0.3) is 0 Å². The van der Waals surface area contributed by atoms with Crippen LogP contribution in [0.2, 0.25) is 0 Å². The molecule has 0 aromatic heterocycles. The van der Waals surface area contributed by atoms with E-state index in [4.69, 9.17) is 0 Å². The van der Waals surface area contributed by atoms with Crippen LogP contribution in [0, 0.1) is 0 Å². The summed E-state index contributed by atoms with van der Waals surface area (Å²) >= 11 is 0. The van der Waals surface area contributed by atoms with Crippen molar-refractivity contribution in [1.29, 1.82) is 0 Å². The second-order valence-electron chi connectivity index (χ2n) is 5.92. The Hall–Kier alpha value is -3.19. The molecule has 2 aromatic rings. The lowest BCUT2D eigenvalue weighted by Crippen LogP contribution is -1.93. The van der Waals surface area contributed by atoms with E-state index in [0.717, 1.165) is 27.8 Å². The van der Waals surface area contributed by atoms with E-state index in [1.54, 1.807) is 12.2 Å². The fourth-order valence-electron chi connectivity index (χ4n) is 2.64. The molecule has 122 valence electrons. The van der Waals surface area contributed by atoms with Crippen molar-refractivity contribution in [3.05, 3.63) is 119 Å². The molecular weight excluding hydrogens is 304 g/mol. The van der Waals surface area contributed by atoms with Gasteiger partial charge in [-0.15, -0.1) is 0 Å². The quantitative estimate of drug-likeness (QED) is 0.650. The van der Waals surface area contributed by atoms with Crippen LogP contribution in [-0.4, -0.2) is 5.78 Å². The van der Waals surface area contributed by atoms with E-state index >= 15 is 0 Å². The molecule has 2 aromatic carbocycles. The van der Waals surface area contributed by atoms with Crippen molar-refractivity contribution in [3.63, 3.8) is 0 Å². The Bertz CT molecular complexity index is 874. The van der Waals surface area contributed by atoms with Crippen molar-refractivity contribution in [3.8, 4) is 0 Å². The number of allylic oxidation sites excluding steroid dienone is 9. The van der Waals surface area contributed by atoms with Crippen molar-refractivity contribution < 1.29 is 4.79 Å². The number of carbonyl (C=O) groups is 1. The Morgan fingerprint density at radius 2 is 1.40 bits per heavy atom. The first kappa shape index (κ1) is 16.7. The molecule has 1 heteroatoms. The van der Waals surface area contributed by atoms with Crippen molar-refractivity contribution in [2.24, 2.45) is 0 Å². The first-order valence-corrected chi connectivity index (χ1v) is 8.33. The zero-order chi connectivity index (χ0) is 17.5. The highest BCUT2D eigenvalue weighted by molar-refractivity contribution is 6.01. The molecule has 0 unspecified atom stereocenters. The highest BCUT2D eigenvalue weighted by Crippen LogP contribution is 2.22. The zero-order valence-corrected chi connectivity index (χ0v) is 14.2. The van der Waals surface area contributed by atoms with Crippen molar-refractivity contribution >= 4 is 17.4 Å². The van der Waals surface area contributed by atoms with Crippen LogP contribution < -0.4 is 0 Å². The highest BCUT2D eigenvalue weighted by Gasteiger charge is 2.03. The number of benzene rings is 2. The van der Waals surface area contributed by atoms with Crippen LogP contribution in [0.1, 0.15) is 18.1 Å². The van der Waals surface area contributed by atoms with Gasteiger partial charge in [-0.05, 0) is 46.9 Å². The largest absolute Gasteiger partial charge is 0.290 e. The minimum Gasteiger partial charge on any atom is -0.290 e. The van der Waals surface area contributed by atoms with Crippen LogP contribution in [-0.2, 0) is 4.79 Å². The topological polar surface area (TPSA) is 17.1 Å². The molecule has 0 heterocycles. The molecular formula is C24H20O. The third-order valence-corrected chi connectivity index (χ3v) is 4.04. The third kappa shape index (κ3) is 4.65. The first-order valence-electron chi connectivity index (χ1n) is 8.33. The molecule has 0 N–H and O–H groups in total.